The summed E-state index contributed by atoms with van der Waals surface area (Å²) in [4.78, 5) is 2.80. The van der Waals surface area contributed by atoms with Crippen LogP contribution in [0, 0.1) is 11.3 Å². The van der Waals surface area contributed by atoms with Crippen molar-refractivity contribution in [2.75, 3.05) is 19.6 Å². The van der Waals surface area contributed by atoms with Gasteiger partial charge in [0.15, 0.2) is 0 Å². The molecule has 0 amide bonds. The lowest BCUT2D eigenvalue weighted by Crippen LogP contribution is -2.48. The zero-order valence-electron chi connectivity index (χ0n) is 11.9. The Morgan fingerprint density at radius 1 is 0.889 bits per heavy atom. The van der Waals surface area contributed by atoms with Crippen molar-refractivity contribution < 1.29 is 0 Å². The summed E-state index contributed by atoms with van der Waals surface area (Å²) < 4.78 is 0. The zero-order valence-corrected chi connectivity index (χ0v) is 11.9. The van der Waals surface area contributed by atoms with Crippen LogP contribution in [-0.4, -0.2) is 30.6 Å². The van der Waals surface area contributed by atoms with Crippen LogP contribution in [0.1, 0.15) is 64.2 Å². The second kappa shape index (κ2) is 5.50. The van der Waals surface area contributed by atoms with Gasteiger partial charge in [0.2, 0.25) is 0 Å². The van der Waals surface area contributed by atoms with E-state index in [0.29, 0.717) is 0 Å². The monoisotopic (exact) mass is 250 g/mol. The minimum absolute atomic E-state index is 0.756. The van der Waals surface area contributed by atoms with Crippen LogP contribution in [0.2, 0.25) is 0 Å². The van der Waals surface area contributed by atoms with E-state index in [-0.39, 0.29) is 0 Å². The Bertz CT molecular complexity index is 260. The van der Waals surface area contributed by atoms with Crippen molar-refractivity contribution in [3.05, 3.63) is 0 Å². The van der Waals surface area contributed by atoms with Crippen LogP contribution >= 0.6 is 0 Å². The lowest BCUT2D eigenvalue weighted by molar-refractivity contribution is 0.0360. The first-order valence-corrected chi connectivity index (χ1v) is 8.27. The van der Waals surface area contributed by atoms with Gasteiger partial charge in [0.1, 0.15) is 0 Å². The molecule has 1 spiro atoms. The van der Waals surface area contributed by atoms with Crippen molar-refractivity contribution in [2.45, 2.75) is 70.3 Å². The molecule has 0 bridgehead atoms. The third-order valence-corrected chi connectivity index (χ3v) is 6.16. The van der Waals surface area contributed by atoms with Crippen LogP contribution in [0.15, 0.2) is 0 Å². The molecular formula is C16H30N2. The number of likely N-dealkylation sites (tertiary alicyclic amines) is 1. The lowest BCUT2D eigenvalue weighted by Gasteiger charge is -2.46. The normalized spacial score (nSPS) is 37.2. The van der Waals surface area contributed by atoms with E-state index in [1.54, 1.807) is 0 Å². The number of hydrogen-bond donors (Lipinski definition) is 1. The Balaban J connectivity index is 1.56. The Morgan fingerprint density at radius 2 is 1.61 bits per heavy atom. The molecule has 1 saturated heterocycles. The van der Waals surface area contributed by atoms with E-state index >= 15 is 0 Å². The topological polar surface area (TPSA) is 29.3 Å². The SMILES string of the molecule is NCC1CCCC1N1CCC2(CCCCC2)CC1. The van der Waals surface area contributed by atoms with Crippen LogP contribution in [0.25, 0.3) is 0 Å². The van der Waals surface area contributed by atoms with Gasteiger partial charge in [-0.25, -0.2) is 0 Å². The number of rotatable bonds is 2. The maximum atomic E-state index is 5.94. The maximum absolute atomic E-state index is 5.94. The van der Waals surface area contributed by atoms with Crippen LogP contribution < -0.4 is 5.73 Å². The van der Waals surface area contributed by atoms with Gasteiger partial charge in [0, 0.05) is 6.04 Å². The second-order valence-corrected chi connectivity index (χ2v) is 7.09. The Hall–Kier alpha value is -0.0800. The van der Waals surface area contributed by atoms with E-state index < -0.39 is 0 Å². The molecule has 0 aromatic carbocycles. The molecule has 2 saturated carbocycles. The van der Waals surface area contributed by atoms with Gasteiger partial charge >= 0.3 is 0 Å². The third-order valence-electron chi connectivity index (χ3n) is 6.16. The second-order valence-electron chi connectivity index (χ2n) is 7.09. The standard InChI is InChI=1S/C16H30N2/c17-13-14-5-4-6-15(14)18-11-9-16(10-12-18)7-2-1-3-8-16/h14-15H,1-13,17H2. The summed E-state index contributed by atoms with van der Waals surface area (Å²) in [6.07, 6.45) is 14.7. The van der Waals surface area contributed by atoms with Crippen LogP contribution in [-0.2, 0) is 0 Å². The van der Waals surface area contributed by atoms with Crippen molar-refractivity contribution in [1.29, 1.82) is 0 Å². The third kappa shape index (κ3) is 2.46. The molecule has 2 N–H and O–H groups in total. The van der Waals surface area contributed by atoms with E-state index in [2.05, 4.69) is 4.90 Å². The minimum atomic E-state index is 0.756. The van der Waals surface area contributed by atoms with E-state index in [9.17, 15) is 0 Å². The molecule has 1 heterocycles. The van der Waals surface area contributed by atoms with Gasteiger partial charge in [-0.15, -0.1) is 0 Å². The highest BCUT2D eigenvalue weighted by Crippen LogP contribution is 2.45. The van der Waals surface area contributed by atoms with Crippen LogP contribution in [0.5, 0.6) is 0 Å². The van der Waals surface area contributed by atoms with Gasteiger partial charge in [-0.05, 0) is 69.5 Å². The largest absolute Gasteiger partial charge is 0.330 e. The van der Waals surface area contributed by atoms with Gasteiger partial charge in [0.05, 0.1) is 0 Å². The fourth-order valence-electron chi connectivity index (χ4n) is 4.90. The first-order valence-electron chi connectivity index (χ1n) is 8.27. The molecular weight excluding hydrogens is 220 g/mol. The van der Waals surface area contributed by atoms with Gasteiger partial charge in [-0.3, -0.25) is 0 Å². The molecule has 104 valence electrons. The molecule has 2 unspecified atom stereocenters. The first kappa shape index (κ1) is 12.9. The molecule has 0 radical (unpaired) electrons. The summed E-state index contributed by atoms with van der Waals surface area (Å²) in [5.74, 6) is 0.797. The quantitative estimate of drug-likeness (QED) is 0.815. The highest BCUT2D eigenvalue weighted by Gasteiger charge is 2.39. The molecule has 2 nitrogen and oxygen atoms in total. The molecule has 2 atom stereocenters. The van der Waals surface area contributed by atoms with E-state index in [1.165, 1.54) is 77.3 Å². The van der Waals surface area contributed by atoms with Crippen molar-refractivity contribution in [1.82, 2.24) is 4.90 Å². The Morgan fingerprint density at radius 3 is 2.28 bits per heavy atom. The predicted molar refractivity (Wildman–Crippen MR) is 76.5 cm³/mol. The summed E-state index contributed by atoms with van der Waals surface area (Å²) in [6.45, 7) is 3.63. The smallest absolute Gasteiger partial charge is 0.0136 e. The van der Waals surface area contributed by atoms with Crippen molar-refractivity contribution >= 4 is 0 Å². The van der Waals surface area contributed by atoms with Crippen LogP contribution in [0.3, 0.4) is 0 Å². The summed E-state index contributed by atoms with van der Waals surface area (Å²) in [6, 6.07) is 0.830. The summed E-state index contributed by atoms with van der Waals surface area (Å²) >= 11 is 0. The molecule has 1 aliphatic heterocycles. The van der Waals surface area contributed by atoms with E-state index in [0.717, 1.165) is 23.9 Å². The van der Waals surface area contributed by atoms with Gasteiger partial charge < -0.3 is 10.6 Å². The Labute approximate surface area is 112 Å². The molecule has 3 aliphatic rings. The molecule has 0 aromatic heterocycles. The number of nitrogens with two attached hydrogens (primary N) is 1. The van der Waals surface area contributed by atoms with Crippen molar-refractivity contribution in [2.24, 2.45) is 17.1 Å². The van der Waals surface area contributed by atoms with E-state index in [4.69, 9.17) is 5.73 Å². The summed E-state index contributed by atoms with van der Waals surface area (Å²) in [5, 5.41) is 0. The fraction of sp³-hybridized carbons (Fsp3) is 1.00. The maximum Gasteiger partial charge on any atom is 0.0136 e. The van der Waals surface area contributed by atoms with Gasteiger partial charge in [-0.1, -0.05) is 25.7 Å². The highest BCUT2D eigenvalue weighted by molar-refractivity contribution is 4.93. The average Bonchev–Trinajstić information content (AvgIpc) is 2.89. The molecule has 3 fully saturated rings. The molecule has 2 heteroatoms. The van der Waals surface area contributed by atoms with Crippen molar-refractivity contribution in [3.63, 3.8) is 0 Å². The van der Waals surface area contributed by atoms with Crippen LogP contribution in [0.4, 0.5) is 0 Å². The van der Waals surface area contributed by atoms with Gasteiger partial charge in [-0.2, -0.15) is 0 Å². The fourth-order valence-corrected chi connectivity index (χ4v) is 4.90. The zero-order chi connectivity index (χ0) is 12.4. The Kier molecular flexibility index (Phi) is 3.95. The lowest BCUT2D eigenvalue weighted by atomic mass is 9.68. The number of nitrogens with zero attached hydrogens (tertiary/aromatic N) is 1. The minimum Gasteiger partial charge on any atom is -0.330 e. The summed E-state index contributed by atoms with van der Waals surface area (Å²) in [5.41, 5.74) is 6.70. The molecule has 18 heavy (non-hydrogen) atoms. The highest BCUT2D eigenvalue weighted by atomic mass is 15.2. The molecule has 2 aliphatic carbocycles. The average molecular weight is 250 g/mol. The summed E-state index contributed by atoms with van der Waals surface area (Å²) in [7, 11) is 0. The molecule has 3 rings (SSSR count). The molecule has 0 aromatic rings. The van der Waals surface area contributed by atoms with E-state index in [1.807, 2.05) is 0 Å². The number of piperidine rings is 1. The van der Waals surface area contributed by atoms with Crippen molar-refractivity contribution in [3.8, 4) is 0 Å². The predicted octanol–water partition coefficient (Wildman–Crippen LogP) is 3.16. The van der Waals surface area contributed by atoms with Gasteiger partial charge in [0.25, 0.3) is 0 Å². The first-order chi connectivity index (χ1) is 8.83. The number of hydrogen-bond acceptors (Lipinski definition) is 2.